The Morgan fingerprint density at radius 1 is 1.13 bits per heavy atom. The highest BCUT2D eigenvalue weighted by atomic mass is 32.2. The Kier molecular flexibility index (Phi) is 8.67. The van der Waals surface area contributed by atoms with Gasteiger partial charge in [0.15, 0.2) is 11.0 Å². The van der Waals surface area contributed by atoms with E-state index in [1.807, 2.05) is 54.1 Å². The highest BCUT2D eigenvalue weighted by Crippen LogP contribution is 2.24. The number of aromatic nitrogens is 3. The largest absolute Gasteiger partial charge is 0.496 e. The van der Waals surface area contributed by atoms with E-state index >= 15 is 0 Å². The topological polar surface area (TPSA) is 134 Å². The van der Waals surface area contributed by atoms with E-state index in [1.54, 1.807) is 25.3 Å². The van der Waals surface area contributed by atoms with Crippen molar-refractivity contribution in [3.8, 4) is 22.9 Å². The number of amides is 1. The van der Waals surface area contributed by atoms with Gasteiger partial charge in [0.05, 0.1) is 24.0 Å². The normalized spacial score (nSPS) is 10.9. The molecule has 38 heavy (non-hydrogen) atoms. The number of non-ortho nitro benzene ring substituents is 1. The molecular weight excluding hydrogens is 508 g/mol. The molecule has 194 valence electrons. The monoisotopic (exact) mass is 532 g/mol. The Labute approximate surface area is 222 Å². The van der Waals surface area contributed by atoms with Crippen LogP contribution in [-0.4, -0.2) is 44.7 Å². The number of carbonyl (C=O) groups is 1. The van der Waals surface area contributed by atoms with Gasteiger partial charge in [-0.2, -0.15) is 5.10 Å². The van der Waals surface area contributed by atoms with Gasteiger partial charge in [0.2, 0.25) is 0 Å². The quantitative estimate of drug-likeness (QED) is 0.131. The van der Waals surface area contributed by atoms with Crippen molar-refractivity contribution in [1.82, 2.24) is 20.2 Å². The lowest BCUT2D eigenvalue weighted by Crippen LogP contribution is -2.19. The van der Waals surface area contributed by atoms with E-state index in [-0.39, 0.29) is 24.0 Å². The highest BCUT2D eigenvalue weighted by Gasteiger charge is 2.13. The molecule has 0 fully saturated rings. The number of nitrogens with zero attached hydrogens (tertiary/aromatic N) is 5. The molecule has 4 rings (SSSR count). The van der Waals surface area contributed by atoms with Gasteiger partial charge in [0, 0.05) is 30.3 Å². The predicted molar refractivity (Wildman–Crippen MR) is 143 cm³/mol. The van der Waals surface area contributed by atoms with Gasteiger partial charge >= 0.3 is 0 Å². The molecule has 11 nitrogen and oxygen atoms in total. The molecule has 0 aliphatic heterocycles. The van der Waals surface area contributed by atoms with E-state index in [0.717, 1.165) is 22.5 Å². The number of ether oxygens (including phenoxy) is 2. The molecule has 0 saturated heterocycles. The van der Waals surface area contributed by atoms with Crippen LogP contribution in [0.25, 0.3) is 11.4 Å². The molecule has 0 radical (unpaired) electrons. The molecule has 0 aliphatic rings. The second-order valence-corrected chi connectivity index (χ2v) is 8.87. The van der Waals surface area contributed by atoms with Crippen molar-refractivity contribution in [3.63, 3.8) is 0 Å². The molecule has 1 N–H and O–H groups in total. The van der Waals surface area contributed by atoms with Gasteiger partial charge in [0.25, 0.3) is 11.6 Å². The Morgan fingerprint density at radius 2 is 1.89 bits per heavy atom. The number of hydrogen-bond acceptors (Lipinski definition) is 9. The van der Waals surface area contributed by atoms with Crippen molar-refractivity contribution in [2.24, 2.45) is 12.1 Å². The molecule has 0 atom stereocenters. The highest BCUT2D eigenvalue weighted by molar-refractivity contribution is 7.99. The number of methoxy groups -OCH3 is 1. The Balaban J connectivity index is 1.28. The number of nitro groups is 1. The zero-order valence-electron chi connectivity index (χ0n) is 20.6. The summed E-state index contributed by atoms with van der Waals surface area (Å²) < 4.78 is 13.0. The maximum Gasteiger partial charge on any atom is 0.269 e. The van der Waals surface area contributed by atoms with Gasteiger partial charge in [-0.1, -0.05) is 54.2 Å². The summed E-state index contributed by atoms with van der Waals surface area (Å²) in [7, 11) is 3.40. The Bertz CT molecular complexity index is 1440. The Morgan fingerprint density at radius 3 is 2.61 bits per heavy atom. The zero-order valence-corrected chi connectivity index (χ0v) is 21.4. The number of hydrazone groups is 1. The van der Waals surface area contributed by atoms with E-state index in [2.05, 4.69) is 20.7 Å². The summed E-state index contributed by atoms with van der Waals surface area (Å²) in [5.41, 5.74) is 4.95. The number of hydrogen-bond donors (Lipinski definition) is 1. The lowest BCUT2D eigenvalue weighted by molar-refractivity contribution is -0.384. The maximum atomic E-state index is 12.3. The van der Waals surface area contributed by atoms with E-state index in [0.29, 0.717) is 16.7 Å². The van der Waals surface area contributed by atoms with Gasteiger partial charge in [-0.3, -0.25) is 14.9 Å². The Hall–Kier alpha value is -4.71. The summed E-state index contributed by atoms with van der Waals surface area (Å²) in [4.78, 5) is 22.6. The predicted octanol–water partition coefficient (Wildman–Crippen LogP) is 4.22. The molecular formula is C26H24N6O5S. The number of nitro benzene ring substituents is 1. The molecule has 0 unspecified atom stereocenters. The lowest BCUT2D eigenvalue weighted by Gasteiger charge is -2.11. The smallest absolute Gasteiger partial charge is 0.269 e. The summed E-state index contributed by atoms with van der Waals surface area (Å²) in [6.45, 7) is 0.209. The van der Waals surface area contributed by atoms with Crippen LogP contribution in [0.3, 0.4) is 0 Å². The molecule has 3 aromatic carbocycles. The van der Waals surface area contributed by atoms with Crippen LogP contribution < -0.4 is 14.9 Å². The fourth-order valence-corrected chi connectivity index (χ4v) is 4.11. The molecule has 0 bridgehead atoms. The minimum Gasteiger partial charge on any atom is -0.496 e. The van der Waals surface area contributed by atoms with E-state index in [9.17, 15) is 14.9 Å². The molecule has 4 aromatic rings. The summed E-state index contributed by atoms with van der Waals surface area (Å²) in [5, 5.41) is 23.8. The summed E-state index contributed by atoms with van der Waals surface area (Å²) in [5.74, 6) is 1.65. The first-order chi connectivity index (χ1) is 18.4. The number of nitrogens with one attached hydrogen (secondary N) is 1. The maximum absolute atomic E-state index is 12.3. The van der Waals surface area contributed by atoms with Crippen molar-refractivity contribution in [2.75, 3.05) is 12.9 Å². The van der Waals surface area contributed by atoms with E-state index < -0.39 is 4.92 Å². The van der Waals surface area contributed by atoms with Crippen LogP contribution in [0.5, 0.6) is 11.5 Å². The number of benzene rings is 3. The van der Waals surface area contributed by atoms with Crippen LogP contribution >= 0.6 is 11.8 Å². The third-order valence-corrected chi connectivity index (χ3v) is 6.38. The first-order valence-corrected chi connectivity index (χ1v) is 12.4. The van der Waals surface area contributed by atoms with Crippen LogP contribution in [0.1, 0.15) is 11.1 Å². The number of carbonyl (C=O) groups excluding carboxylic acids is 1. The van der Waals surface area contributed by atoms with Crippen molar-refractivity contribution in [3.05, 3.63) is 94.0 Å². The van der Waals surface area contributed by atoms with Crippen LogP contribution in [0.4, 0.5) is 5.69 Å². The molecule has 1 heterocycles. The average Bonchev–Trinajstić information content (AvgIpc) is 3.31. The molecule has 0 saturated carbocycles. The SMILES string of the molecule is COc1cc(C=NNC(=O)CSc2nnc(-c3ccccc3)n2C)ccc1COc1ccc([N+](=O)[O-])cc1. The third kappa shape index (κ3) is 6.73. The minimum absolute atomic E-state index is 0.00454. The number of thioether (sulfide) groups is 1. The summed E-state index contributed by atoms with van der Waals surface area (Å²) >= 11 is 1.27. The van der Waals surface area contributed by atoms with E-state index in [1.165, 1.54) is 30.1 Å². The lowest BCUT2D eigenvalue weighted by atomic mass is 10.1. The third-order valence-electron chi connectivity index (χ3n) is 5.36. The second kappa shape index (κ2) is 12.5. The number of rotatable bonds is 11. The van der Waals surface area contributed by atoms with Crippen LogP contribution in [0.15, 0.2) is 83.1 Å². The van der Waals surface area contributed by atoms with Crippen LogP contribution in [0.2, 0.25) is 0 Å². The summed E-state index contributed by atoms with van der Waals surface area (Å²) in [6, 6.07) is 20.9. The minimum atomic E-state index is -0.464. The zero-order chi connectivity index (χ0) is 26.9. The first kappa shape index (κ1) is 26.4. The van der Waals surface area contributed by atoms with E-state index in [4.69, 9.17) is 9.47 Å². The van der Waals surface area contributed by atoms with Crippen molar-refractivity contribution >= 4 is 29.6 Å². The van der Waals surface area contributed by atoms with Gasteiger partial charge in [-0.15, -0.1) is 10.2 Å². The molecule has 1 aromatic heterocycles. The second-order valence-electron chi connectivity index (χ2n) is 7.92. The van der Waals surface area contributed by atoms with Crippen LogP contribution in [0, 0.1) is 10.1 Å². The van der Waals surface area contributed by atoms with Gasteiger partial charge in [0.1, 0.15) is 18.1 Å². The average molecular weight is 533 g/mol. The van der Waals surface area contributed by atoms with Gasteiger partial charge in [-0.25, -0.2) is 5.43 Å². The van der Waals surface area contributed by atoms with Gasteiger partial charge < -0.3 is 14.0 Å². The summed E-state index contributed by atoms with van der Waals surface area (Å²) in [6.07, 6.45) is 1.52. The molecule has 0 aliphatic carbocycles. The van der Waals surface area contributed by atoms with Crippen molar-refractivity contribution < 1.29 is 19.2 Å². The molecule has 12 heteroatoms. The first-order valence-electron chi connectivity index (χ1n) is 11.4. The van der Waals surface area contributed by atoms with Gasteiger partial charge in [-0.05, 0) is 23.8 Å². The standard InChI is InChI=1S/C26H24N6O5S/c1-31-25(19-6-4-3-5-7-19)29-30-26(31)38-17-24(33)28-27-15-18-8-9-20(23(14-18)36-2)16-37-22-12-10-21(11-13-22)32(34)35/h3-15H,16-17H2,1-2H3,(H,28,33). The fraction of sp³-hybridized carbons (Fsp3) is 0.154. The molecule has 0 spiro atoms. The van der Waals surface area contributed by atoms with Crippen molar-refractivity contribution in [2.45, 2.75) is 11.8 Å². The van der Waals surface area contributed by atoms with Crippen molar-refractivity contribution in [1.29, 1.82) is 0 Å². The fourth-order valence-electron chi connectivity index (χ4n) is 3.41. The van der Waals surface area contributed by atoms with Crippen LogP contribution in [-0.2, 0) is 18.4 Å². The molecule has 1 amide bonds.